The fourth-order valence-electron chi connectivity index (χ4n) is 2.23. The standard InChI is InChI=1S/C15H26O5/c1-12(2)14(17)19-10-9-18-11-13(16)20-15(3)7-5-4-6-8-15/h12H,4-11H2,1-3H3. The highest BCUT2D eigenvalue weighted by atomic mass is 16.6. The molecular weight excluding hydrogens is 260 g/mol. The van der Waals surface area contributed by atoms with Crippen LogP contribution in [-0.4, -0.2) is 37.4 Å². The fourth-order valence-corrected chi connectivity index (χ4v) is 2.23. The molecule has 0 aromatic heterocycles. The fraction of sp³-hybridized carbons (Fsp3) is 0.867. The summed E-state index contributed by atoms with van der Waals surface area (Å²) >= 11 is 0. The van der Waals surface area contributed by atoms with Crippen molar-refractivity contribution in [3.8, 4) is 0 Å². The minimum Gasteiger partial charge on any atom is -0.463 e. The topological polar surface area (TPSA) is 61.8 Å². The lowest BCUT2D eigenvalue weighted by Crippen LogP contribution is -2.35. The summed E-state index contributed by atoms with van der Waals surface area (Å²) in [6.07, 6.45) is 5.27. The van der Waals surface area contributed by atoms with Crippen LogP contribution in [-0.2, 0) is 23.8 Å². The molecule has 1 aliphatic rings. The Bertz CT molecular complexity index is 318. The second-order valence-electron chi connectivity index (χ2n) is 5.86. The molecular formula is C15H26O5. The lowest BCUT2D eigenvalue weighted by molar-refractivity contribution is -0.167. The van der Waals surface area contributed by atoms with Crippen molar-refractivity contribution < 1.29 is 23.8 Å². The lowest BCUT2D eigenvalue weighted by atomic mass is 9.86. The molecule has 5 heteroatoms. The van der Waals surface area contributed by atoms with Crippen molar-refractivity contribution in [2.75, 3.05) is 19.8 Å². The van der Waals surface area contributed by atoms with E-state index in [4.69, 9.17) is 14.2 Å². The van der Waals surface area contributed by atoms with Gasteiger partial charge in [0.25, 0.3) is 0 Å². The molecule has 1 rings (SSSR count). The number of rotatable bonds is 7. The first-order valence-electron chi connectivity index (χ1n) is 7.39. The summed E-state index contributed by atoms with van der Waals surface area (Å²) in [7, 11) is 0. The van der Waals surface area contributed by atoms with Crippen molar-refractivity contribution in [3.63, 3.8) is 0 Å². The molecule has 0 amide bonds. The van der Waals surface area contributed by atoms with Crippen LogP contribution in [0, 0.1) is 5.92 Å². The molecule has 0 radical (unpaired) electrons. The van der Waals surface area contributed by atoms with Crippen molar-refractivity contribution in [3.05, 3.63) is 0 Å². The molecule has 1 aliphatic carbocycles. The number of ether oxygens (including phenoxy) is 3. The number of carbonyl (C=O) groups excluding carboxylic acids is 2. The second kappa shape index (κ2) is 8.25. The van der Waals surface area contributed by atoms with Gasteiger partial charge in [-0.2, -0.15) is 0 Å². The highest BCUT2D eigenvalue weighted by Gasteiger charge is 2.30. The van der Waals surface area contributed by atoms with E-state index in [1.54, 1.807) is 13.8 Å². The van der Waals surface area contributed by atoms with Crippen molar-refractivity contribution in [1.29, 1.82) is 0 Å². The van der Waals surface area contributed by atoms with Gasteiger partial charge in [-0.25, -0.2) is 4.79 Å². The Morgan fingerprint density at radius 2 is 1.75 bits per heavy atom. The van der Waals surface area contributed by atoms with Crippen molar-refractivity contribution in [1.82, 2.24) is 0 Å². The van der Waals surface area contributed by atoms with E-state index in [2.05, 4.69) is 0 Å². The molecule has 116 valence electrons. The van der Waals surface area contributed by atoms with E-state index < -0.39 is 0 Å². The molecule has 0 heterocycles. The predicted molar refractivity (Wildman–Crippen MR) is 74.2 cm³/mol. The first-order chi connectivity index (χ1) is 9.43. The summed E-state index contributed by atoms with van der Waals surface area (Å²) in [4.78, 5) is 22.8. The van der Waals surface area contributed by atoms with Crippen LogP contribution in [0.4, 0.5) is 0 Å². The molecule has 1 saturated carbocycles. The van der Waals surface area contributed by atoms with Gasteiger partial charge >= 0.3 is 11.9 Å². The van der Waals surface area contributed by atoms with E-state index in [0.717, 1.165) is 25.7 Å². The average molecular weight is 286 g/mol. The summed E-state index contributed by atoms with van der Waals surface area (Å²) < 4.78 is 15.6. The number of hydrogen-bond donors (Lipinski definition) is 0. The molecule has 20 heavy (non-hydrogen) atoms. The molecule has 0 aromatic carbocycles. The van der Waals surface area contributed by atoms with Gasteiger partial charge in [0.1, 0.15) is 18.8 Å². The highest BCUT2D eigenvalue weighted by molar-refractivity contribution is 5.71. The zero-order chi connectivity index (χ0) is 15.0. The Morgan fingerprint density at radius 1 is 1.10 bits per heavy atom. The molecule has 0 spiro atoms. The maximum atomic E-state index is 11.7. The first-order valence-corrected chi connectivity index (χ1v) is 7.39. The van der Waals surface area contributed by atoms with Crippen LogP contribution >= 0.6 is 0 Å². The number of hydrogen-bond acceptors (Lipinski definition) is 5. The van der Waals surface area contributed by atoms with Gasteiger partial charge in [-0.05, 0) is 32.6 Å². The smallest absolute Gasteiger partial charge is 0.332 e. The Hall–Kier alpha value is -1.10. The van der Waals surface area contributed by atoms with Crippen LogP contribution in [0.5, 0.6) is 0 Å². The first kappa shape index (κ1) is 17.0. The molecule has 0 unspecified atom stereocenters. The van der Waals surface area contributed by atoms with Crippen LogP contribution in [0.1, 0.15) is 52.9 Å². The summed E-state index contributed by atoms with van der Waals surface area (Å²) in [6, 6.07) is 0. The van der Waals surface area contributed by atoms with Crippen LogP contribution in [0.15, 0.2) is 0 Å². The zero-order valence-corrected chi connectivity index (χ0v) is 12.8. The molecule has 0 aromatic rings. The predicted octanol–water partition coefficient (Wildman–Crippen LogP) is 2.47. The van der Waals surface area contributed by atoms with E-state index in [9.17, 15) is 9.59 Å². The minimum atomic E-state index is -0.343. The largest absolute Gasteiger partial charge is 0.463 e. The van der Waals surface area contributed by atoms with Gasteiger partial charge in [0.2, 0.25) is 0 Å². The maximum absolute atomic E-state index is 11.7. The van der Waals surface area contributed by atoms with E-state index in [0.29, 0.717) is 0 Å². The normalized spacial score (nSPS) is 17.8. The molecule has 0 aliphatic heterocycles. The Balaban J connectivity index is 2.09. The minimum absolute atomic E-state index is 0.0885. The molecule has 0 atom stereocenters. The summed E-state index contributed by atoms with van der Waals surface area (Å²) in [5.74, 6) is -0.748. The molecule has 5 nitrogen and oxygen atoms in total. The monoisotopic (exact) mass is 286 g/mol. The SMILES string of the molecule is CC(C)C(=O)OCCOCC(=O)OC1(C)CCCCC1. The Kier molecular flexibility index (Phi) is 6.99. The van der Waals surface area contributed by atoms with E-state index in [1.165, 1.54) is 6.42 Å². The Labute approximate surface area is 121 Å². The van der Waals surface area contributed by atoms with Crippen LogP contribution in [0.2, 0.25) is 0 Å². The number of carbonyl (C=O) groups is 2. The van der Waals surface area contributed by atoms with Gasteiger partial charge in [0.15, 0.2) is 0 Å². The van der Waals surface area contributed by atoms with Crippen molar-refractivity contribution >= 4 is 11.9 Å². The lowest BCUT2D eigenvalue weighted by Gasteiger charge is -2.33. The highest BCUT2D eigenvalue weighted by Crippen LogP contribution is 2.31. The van der Waals surface area contributed by atoms with E-state index >= 15 is 0 Å². The molecule has 1 fully saturated rings. The third kappa shape index (κ3) is 6.37. The molecule has 0 N–H and O–H groups in total. The van der Waals surface area contributed by atoms with Gasteiger partial charge in [-0.1, -0.05) is 20.3 Å². The molecule has 0 saturated heterocycles. The van der Waals surface area contributed by atoms with Gasteiger partial charge in [-0.15, -0.1) is 0 Å². The third-order valence-corrected chi connectivity index (χ3v) is 3.43. The van der Waals surface area contributed by atoms with Crippen LogP contribution in [0.25, 0.3) is 0 Å². The van der Waals surface area contributed by atoms with Gasteiger partial charge in [0, 0.05) is 0 Å². The maximum Gasteiger partial charge on any atom is 0.332 e. The number of esters is 2. The van der Waals surface area contributed by atoms with E-state index in [1.807, 2.05) is 6.92 Å². The summed E-state index contributed by atoms with van der Waals surface area (Å²) in [5.41, 5.74) is -0.331. The van der Waals surface area contributed by atoms with Crippen molar-refractivity contribution in [2.24, 2.45) is 5.92 Å². The van der Waals surface area contributed by atoms with Crippen LogP contribution in [0.3, 0.4) is 0 Å². The van der Waals surface area contributed by atoms with Gasteiger partial charge < -0.3 is 14.2 Å². The van der Waals surface area contributed by atoms with E-state index in [-0.39, 0.29) is 43.3 Å². The van der Waals surface area contributed by atoms with Crippen LogP contribution < -0.4 is 0 Å². The average Bonchev–Trinajstić information content (AvgIpc) is 2.38. The summed E-state index contributed by atoms with van der Waals surface area (Å²) in [6.45, 7) is 5.81. The van der Waals surface area contributed by atoms with Crippen molar-refractivity contribution in [2.45, 2.75) is 58.5 Å². The second-order valence-corrected chi connectivity index (χ2v) is 5.86. The van der Waals surface area contributed by atoms with Gasteiger partial charge in [0.05, 0.1) is 12.5 Å². The Morgan fingerprint density at radius 3 is 2.35 bits per heavy atom. The third-order valence-electron chi connectivity index (χ3n) is 3.43. The van der Waals surface area contributed by atoms with Gasteiger partial charge in [-0.3, -0.25) is 4.79 Å². The quantitative estimate of drug-likeness (QED) is 0.531. The molecule has 0 bridgehead atoms. The zero-order valence-electron chi connectivity index (χ0n) is 12.8. The summed E-state index contributed by atoms with van der Waals surface area (Å²) in [5, 5.41) is 0.